The lowest BCUT2D eigenvalue weighted by atomic mass is 10.1. The van der Waals surface area contributed by atoms with E-state index in [1.54, 1.807) is 12.3 Å². The van der Waals surface area contributed by atoms with Crippen LogP contribution in [0.1, 0.15) is 35.8 Å². The molecule has 1 saturated heterocycles. The van der Waals surface area contributed by atoms with Crippen LogP contribution in [0.5, 0.6) is 0 Å². The van der Waals surface area contributed by atoms with Crippen LogP contribution in [-0.4, -0.2) is 31.6 Å². The van der Waals surface area contributed by atoms with E-state index in [9.17, 15) is 0 Å². The Morgan fingerprint density at radius 3 is 2.79 bits per heavy atom. The Morgan fingerprint density at radius 2 is 2.00 bits per heavy atom. The van der Waals surface area contributed by atoms with Crippen LogP contribution in [0.3, 0.4) is 0 Å². The van der Waals surface area contributed by atoms with Gasteiger partial charge in [-0.3, -0.25) is 10.00 Å². The monoisotopic (exact) mass is 455 g/mol. The molecule has 1 unspecified atom stereocenters. The molecular weight excluding hydrogens is 434 g/mol. The molecule has 4 heterocycles. The highest BCUT2D eigenvalue weighted by Gasteiger charge is 2.28. The fourth-order valence-electron chi connectivity index (χ4n) is 4.26. The first-order valence-electron chi connectivity index (χ1n) is 10.8. The molecule has 4 aromatic rings. The van der Waals surface area contributed by atoms with Gasteiger partial charge in [0.15, 0.2) is 0 Å². The number of aromatic amines is 1. The van der Waals surface area contributed by atoms with Crippen molar-refractivity contribution in [2.75, 3.05) is 11.9 Å². The summed E-state index contributed by atoms with van der Waals surface area (Å²) in [4.78, 5) is 11.4. The quantitative estimate of drug-likeness (QED) is 0.400. The molecule has 2 N–H and O–H groups in total. The second-order valence-electron chi connectivity index (χ2n) is 8.02. The number of benzene rings is 1. The molecule has 5 rings (SSSR count). The van der Waals surface area contributed by atoms with Crippen molar-refractivity contribution in [3.05, 3.63) is 89.0 Å². The van der Waals surface area contributed by atoms with Gasteiger partial charge in [-0.15, -0.1) is 0 Å². The van der Waals surface area contributed by atoms with Gasteiger partial charge in [-0.2, -0.15) is 10.4 Å². The summed E-state index contributed by atoms with van der Waals surface area (Å²) < 4.78 is 0. The van der Waals surface area contributed by atoms with Gasteiger partial charge in [-0.1, -0.05) is 29.8 Å². The van der Waals surface area contributed by atoms with E-state index >= 15 is 0 Å². The highest BCUT2D eigenvalue weighted by atomic mass is 35.5. The number of nitrogens with zero attached hydrogens (tertiary/aromatic N) is 5. The third kappa shape index (κ3) is 4.72. The zero-order valence-corrected chi connectivity index (χ0v) is 18.6. The number of nitrogens with one attached hydrogen (secondary N) is 2. The molecule has 33 heavy (non-hydrogen) atoms. The van der Waals surface area contributed by atoms with Crippen LogP contribution < -0.4 is 5.32 Å². The largest absolute Gasteiger partial charge is 0.339 e. The molecule has 0 amide bonds. The predicted molar refractivity (Wildman–Crippen MR) is 128 cm³/mol. The Morgan fingerprint density at radius 1 is 1.12 bits per heavy atom. The van der Waals surface area contributed by atoms with Crippen LogP contribution >= 0.6 is 11.6 Å². The van der Waals surface area contributed by atoms with Gasteiger partial charge in [0.25, 0.3) is 0 Å². The molecule has 1 atom stereocenters. The van der Waals surface area contributed by atoms with Crippen molar-refractivity contribution < 1.29 is 0 Å². The van der Waals surface area contributed by atoms with E-state index in [2.05, 4.69) is 31.5 Å². The number of aromatic nitrogens is 4. The number of rotatable bonds is 6. The summed E-state index contributed by atoms with van der Waals surface area (Å²) in [5.74, 6) is 0.760. The van der Waals surface area contributed by atoms with Gasteiger partial charge in [0.05, 0.1) is 35.5 Å². The van der Waals surface area contributed by atoms with E-state index in [-0.39, 0.29) is 6.04 Å². The van der Waals surface area contributed by atoms with E-state index in [1.165, 1.54) is 0 Å². The zero-order chi connectivity index (χ0) is 22.6. The maximum absolute atomic E-state index is 8.92. The lowest BCUT2D eigenvalue weighted by molar-refractivity contribution is 0.245. The van der Waals surface area contributed by atoms with Gasteiger partial charge < -0.3 is 5.32 Å². The van der Waals surface area contributed by atoms with Crippen molar-refractivity contribution in [3.8, 4) is 17.3 Å². The van der Waals surface area contributed by atoms with Crippen molar-refractivity contribution in [2.45, 2.75) is 25.4 Å². The van der Waals surface area contributed by atoms with E-state index in [0.717, 1.165) is 65.0 Å². The van der Waals surface area contributed by atoms with Crippen LogP contribution in [0.4, 0.5) is 11.5 Å². The highest BCUT2D eigenvalue weighted by molar-refractivity contribution is 6.30. The Kier molecular flexibility index (Phi) is 6.03. The van der Waals surface area contributed by atoms with E-state index in [1.807, 2.05) is 54.7 Å². The normalized spacial score (nSPS) is 15.9. The van der Waals surface area contributed by atoms with Crippen LogP contribution in [0, 0.1) is 11.3 Å². The molecule has 7 nitrogen and oxygen atoms in total. The third-order valence-electron chi connectivity index (χ3n) is 5.85. The first kappa shape index (κ1) is 21.1. The summed E-state index contributed by atoms with van der Waals surface area (Å²) in [6.07, 6.45) is 5.73. The molecule has 1 aliphatic rings. The average Bonchev–Trinajstić information content (AvgIpc) is 3.50. The third-order valence-corrected chi connectivity index (χ3v) is 6.10. The number of nitriles is 1. The minimum absolute atomic E-state index is 0.235. The summed E-state index contributed by atoms with van der Waals surface area (Å²) in [6.45, 7) is 1.80. The van der Waals surface area contributed by atoms with E-state index in [0.29, 0.717) is 5.69 Å². The molecule has 1 aromatic carbocycles. The van der Waals surface area contributed by atoms with Crippen molar-refractivity contribution in [1.29, 1.82) is 5.26 Å². The molecule has 1 fully saturated rings. The number of hydrogen-bond donors (Lipinski definition) is 2. The minimum Gasteiger partial charge on any atom is -0.339 e. The van der Waals surface area contributed by atoms with Crippen LogP contribution in [0.15, 0.2) is 67.0 Å². The zero-order valence-electron chi connectivity index (χ0n) is 17.9. The Balaban J connectivity index is 1.33. The maximum Gasteiger partial charge on any atom is 0.140 e. The molecule has 0 spiro atoms. The molecule has 0 radical (unpaired) electrons. The maximum atomic E-state index is 8.92. The summed E-state index contributed by atoms with van der Waals surface area (Å²) >= 11 is 6.05. The molecule has 0 aliphatic carbocycles. The lowest BCUT2D eigenvalue weighted by Gasteiger charge is -2.24. The Hall–Kier alpha value is -3.73. The van der Waals surface area contributed by atoms with E-state index in [4.69, 9.17) is 21.8 Å². The molecule has 164 valence electrons. The Bertz CT molecular complexity index is 1280. The number of likely N-dealkylation sites (tertiary alicyclic amines) is 1. The van der Waals surface area contributed by atoms with Crippen molar-refractivity contribution in [1.82, 2.24) is 25.1 Å². The van der Waals surface area contributed by atoms with Gasteiger partial charge in [-0.25, -0.2) is 9.97 Å². The predicted octanol–water partition coefficient (Wildman–Crippen LogP) is 5.47. The van der Waals surface area contributed by atoms with Crippen LogP contribution in [-0.2, 0) is 6.54 Å². The lowest BCUT2D eigenvalue weighted by Crippen LogP contribution is -2.23. The number of hydrogen-bond acceptors (Lipinski definition) is 6. The molecule has 0 saturated carbocycles. The molecule has 1 aliphatic heterocycles. The summed E-state index contributed by atoms with van der Waals surface area (Å²) in [5.41, 5.74) is 5.48. The smallest absolute Gasteiger partial charge is 0.140 e. The summed E-state index contributed by atoms with van der Waals surface area (Å²) in [5, 5.41) is 20.4. The first-order chi connectivity index (χ1) is 16.2. The molecule has 3 aromatic heterocycles. The van der Waals surface area contributed by atoms with Crippen molar-refractivity contribution >= 4 is 23.1 Å². The van der Waals surface area contributed by atoms with Gasteiger partial charge >= 0.3 is 0 Å². The fourth-order valence-corrected chi connectivity index (χ4v) is 4.38. The number of H-pyrrole nitrogens is 1. The summed E-state index contributed by atoms with van der Waals surface area (Å²) in [6, 6.07) is 19.6. The standard InChI is InChI=1S/C25H22ClN7/c26-19-8-6-17(7-9-19)25-18(14-29-32-25)16-33-12-2-4-23(33)22-3-1-5-24(31-22)30-21-11-10-20(13-27)28-15-21/h1,3,5-11,14-15,23H,2,4,12,16H2,(H,29,32)(H,30,31). The Labute approximate surface area is 197 Å². The topological polar surface area (TPSA) is 93.5 Å². The van der Waals surface area contributed by atoms with Gasteiger partial charge in [-0.05, 0) is 61.3 Å². The number of halogens is 1. The van der Waals surface area contributed by atoms with Crippen LogP contribution in [0.25, 0.3) is 11.3 Å². The van der Waals surface area contributed by atoms with Gasteiger partial charge in [0.2, 0.25) is 0 Å². The van der Waals surface area contributed by atoms with Gasteiger partial charge in [0, 0.05) is 17.1 Å². The summed E-state index contributed by atoms with van der Waals surface area (Å²) in [7, 11) is 0. The van der Waals surface area contributed by atoms with Crippen LogP contribution in [0.2, 0.25) is 5.02 Å². The average molecular weight is 456 g/mol. The number of pyridine rings is 2. The first-order valence-corrected chi connectivity index (χ1v) is 11.2. The minimum atomic E-state index is 0.235. The molecule has 8 heteroatoms. The second kappa shape index (κ2) is 9.41. The molecular formula is C25H22ClN7. The van der Waals surface area contributed by atoms with E-state index < -0.39 is 0 Å². The number of anilines is 2. The second-order valence-corrected chi connectivity index (χ2v) is 8.46. The fraction of sp³-hybridized carbons (Fsp3) is 0.200. The highest BCUT2D eigenvalue weighted by Crippen LogP contribution is 2.34. The van der Waals surface area contributed by atoms with Gasteiger partial charge in [0.1, 0.15) is 17.6 Å². The molecule has 0 bridgehead atoms. The SMILES string of the molecule is N#Cc1ccc(Nc2cccc(C3CCCN3Cc3cn[nH]c3-c3ccc(Cl)cc3)n2)cn1. The van der Waals surface area contributed by atoms with Crippen molar-refractivity contribution in [3.63, 3.8) is 0 Å². The van der Waals surface area contributed by atoms with Crippen molar-refractivity contribution in [2.24, 2.45) is 0 Å².